The minimum absolute atomic E-state index is 0.203. The lowest BCUT2D eigenvalue weighted by Crippen LogP contribution is -2.45. The molecule has 7 nitrogen and oxygen atoms in total. The molecule has 0 saturated carbocycles. The molecule has 2 heterocycles. The number of hydrogen-bond donors (Lipinski definition) is 1. The summed E-state index contributed by atoms with van der Waals surface area (Å²) in [5.74, 6) is 1.17. The second-order valence-electron chi connectivity index (χ2n) is 6.55. The predicted octanol–water partition coefficient (Wildman–Crippen LogP) is 2.11. The molecule has 1 aromatic heterocycles. The van der Waals surface area contributed by atoms with Crippen molar-refractivity contribution in [2.45, 2.75) is 13.8 Å². The molecule has 0 radical (unpaired) electrons. The van der Waals surface area contributed by atoms with Gasteiger partial charge in [0.05, 0.1) is 24.2 Å². The normalized spacial score (nSPS) is 15.0. The van der Waals surface area contributed by atoms with E-state index in [1.807, 2.05) is 13.8 Å². The summed E-state index contributed by atoms with van der Waals surface area (Å²) >= 11 is 0. The highest BCUT2D eigenvalue weighted by molar-refractivity contribution is 6.05. The largest absolute Gasteiger partial charge is 0.497 e. The van der Waals surface area contributed by atoms with Crippen molar-refractivity contribution in [2.24, 2.45) is 0 Å². The summed E-state index contributed by atoms with van der Waals surface area (Å²) in [7, 11) is 3.70. The third kappa shape index (κ3) is 3.94. The fourth-order valence-electron chi connectivity index (χ4n) is 2.98. The standard InChI is InChI=1S/C19H25N5O2/c1-13-17(22-18(25)15-6-5-7-16(12-15)26-4)14(2)21-19(20-13)24-10-8-23(3)9-11-24/h5-7,12H,8-11H2,1-4H3,(H,22,25). The highest BCUT2D eigenvalue weighted by atomic mass is 16.5. The van der Waals surface area contributed by atoms with Crippen LogP contribution < -0.4 is 15.0 Å². The van der Waals surface area contributed by atoms with Crippen LogP contribution in [0.25, 0.3) is 0 Å². The summed E-state index contributed by atoms with van der Waals surface area (Å²) < 4.78 is 5.18. The highest BCUT2D eigenvalue weighted by Crippen LogP contribution is 2.22. The van der Waals surface area contributed by atoms with Gasteiger partial charge in [-0.05, 0) is 39.1 Å². The number of methoxy groups -OCH3 is 1. The number of rotatable bonds is 4. The van der Waals surface area contributed by atoms with Gasteiger partial charge in [0, 0.05) is 31.7 Å². The Bertz CT molecular complexity index is 777. The van der Waals surface area contributed by atoms with Crippen LogP contribution in [0.15, 0.2) is 24.3 Å². The number of ether oxygens (including phenoxy) is 1. The molecule has 0 spiro atoms. The van der Waals surface area contributed by atoms with E-state index in [-0.39, 0.29) is 5.91 Å². The zero-order chi connectivity index (χ0) is 18.7. The van der Waals surface area contributed by atoms with Gasteiger partial charge in [-0.3, -0.25) is 4.79 Å². The van der Waals surface area contributed by atoms with Crippen LogP contribution in [-0.2, 0) is 0 Å². The van der Waals surface area contributed by atoms with E-state index in [4.69, 9.17) is 4.74 Å². The van der Waals surface area contributed by atoms with E-state index in [9.17, 15) is 4.79 Å². The molecule has 7 heteroatoms. The lowest BCUT2D eigenvalue weighted by atomic mass is 10.2. The molecule has 1 saturated heterocycles. The lowest BCUT2D eigenvalue weighted by molar-refractivity contribution is 0.102. The highest BCUT2D eigenvalue weighted by Gasteiger charge is 2.19. The Morgan fingerprint density at radius 1 is 1.12 bits per heavy atom. The van der Waals surface area contributed by atoms with E-state index >= 15 is 0 Å². The molecular weight excluding hydrogens is 330 g/mol. The van der Waals surface area contributed by atoms with Crippen molar-refractivity contribution in [3.63, 3.8) is 0 Å². The Balaban J connectivity index is 1.79. The number of amides is 1. The number of nitrogens with one attached hydrogen (secondary N) is 1. The van der Waals surface area contributed by atoms with Crippen LogP contribution in [0.4, 0.5) is 11.6 Å². The van der Waals surface area contributed by atoms with Crippen LogP contribution in [-0.4, -0.2) is 61.1 Å². The van der Waals surface area contributed by atoms with Crippen molar-refractivity contribution in [1.29, 1.82) is 0 Å². The number of hydrogen-bond acceptors (Lipinski definition) is 6. The van der Waals surface area contributed by atoms with Crippen LogP contribution in [0.2, 0.25) is 0 Å². The molecule has 3 rings (SSSR count). The van der Waals surface area contributed by atoms with Gasteiger partial charge < -0.3 is 19.9 Å². The number of aryl methyl sites for hydroxylation is 2. The molecule has 0 atom stereocenters. The summed E-state index contributed by atoms with van der Waals surface area (Å²) in [5.41, 5.74) is 2.73. The number of piperazine rings is 1. The summed E-state index contributed by atoms with van der Waals surface area (Å²) in [4.78, 5) is 26.3. The van der Waals surface area contributed by atoms with Crippen LogP contribution in [0, 0.1) is 13.8 Å². The molecule has 0 aliphatic carbocycles. The number of carbonyl (C=O) groups is 1. The van der Waals surface area contributed by atoms with Gasteiger partial charge in [-0.2, -0.15) is 0 Å². The van der Waals surface area contributed by atoms with E-state index in [0.717, 1.165) is 43.5 Å². The molecule has 1 fully saturated rings. The zero-order valence-corrected chi connectivity index (χ0v) is 15.7. The Kier molecular flexibility index (Phi) is 5.37. The number of aromatic nitrogens is 2. The van der Waals surface area contributed by atoms with E-state index < -0.39 is 0 Å². The van der Waals surface area contributed by atoms with Crippen molar-refractivity contribution in [3.8, 4) is 5.75 Å². The fourth-order valence-corrected chi connectivity index (χ4v) is 2.98. The van der Waals surface area contributed by atoms with Gasteiger partial charge >= 0.3 is 0 Å². The molecule has 1 aromatic carbocycles. The Labute approximate surface area is 154 Å². The van der Waals surface area contributed by atoms with Gasteiger partial charge in [-0.25, -0.2) is 9.97 Å². The predicted molar refractivity (Wildman–Crippen MR) is 102 cm³/mol. The van der Waals surface area contributed by atoms with Gasteiger partial charge in [0.2, 0.25) is 5.95 Å². The van der Waals surface area contributed by atoms with Crippen LogP contribution in [0.1, 0.15) is 21.7 Å². The molecule has 26 heavy (non-hydrogen) atoms. The molecule has 1 aliphatic heterocycles. The third-order valence-electron chi connectivity index (χ3n) is 4.62. The first kappa shape index (κ1) is 18.1. The zero-order valence-electron chi connectivity index (χ0n) is 15.7. The summed E-state index contributed by atoms with van der Waals surface area (Å²) in [6.07, 6.45) is 0. The molecule has 0 unspecified atom stereocenters. The van der Waals surface area contributed by atoms with Gasteiger partial charge in [0.15, 0.2) is 0 Å². The number of benzene rings is 1. The lowest BCUT2D eigenvalue weighted by Gasteiger charge is -2.32. The second kappa shape index (κ2) is 7.70. The van der Waals surface area contributed by atoms with Crippen molar-refractivity contribution in [1.82, 2.24) is 14.9 Å². The van der Waals surface area contributed by atoms with E-state index in [1.54, 1.807) is 31.4 Å². The molecule has 2 aromatic rings. The number of likely N-dealkylation sites (N-methyl/N-ethyl adjacent to an activating group) is 1. The average Bonchev–Trinajstić information content (AvgIpc) is 2.65. The van der Waals surface area contributed by atoms with Gasteiger partial charge in [-0.15, -0.1) is 0 Å². The van der Waals surface area contributed by atoms with Gasteiger partial charge in [-0.1, -0.05) is 6.07 Å². The molecule has 0 bridgehead atoms. The minimum atomic E-state index is -0.203. The van der Waals surface area contributed by atoms with Crippen molar-refractivity contribution < 1.29 is 9.53 Å². The van der Waals surface area contributed by atoms with Gasteiger partial charge in [0.25, 0.3) is 5.91 Å². The van der Waals surface area contributed by atoms with Crippen LogP contribution in [0.5, 0.6) is 5.75 Å². The summed E-state index contributed by atoms with van der Waals surface area (Å²) in [6.45, 7) is 7.60. The smallest absolute Gasteiger partial charge is 0.255 e. The van der Waals surface area contributed by atoms with Crippen molar-refractivity contribution in [3.05, 3.63) is 41.2 Å². The molecular formula is C19H25N5O2. The van der Waals surface area contributed by atoms with E-state index in [1.165, 1.54) is 0 Å². The second-order valence-corrected chi connectivity index (χ2v) is 6.55. The number of anilines is 2. The van der Waals surface area contributed by atoms with E-state index in [0.29, 0.717) is 17.0 Å². The van der Waals surface area contributed by atoms with Gasteiger partial charge in [0.1, 0.15) is 5.75 Å². The van der Waals surface area contributed by atoms with E-state index in [2.05, 4.69) is 32.1 Å². The maximum absolute atomic E-state index is 12.6. The average molecular weight is 355 g/mol. The molecule has 1 aliphatic rings. The fraction of sp³-hybridized carbons (Fsp3) is 0.421. The quantitative estimate of drug-likeness (QED) is 0.906. The monoisotopic (exact) mass is 355 g/mol. The van der Waals surface area contributed by atoms with Crippen molar-refractivity contribution in [2.75, 3.05) is 50.6 Å². The molecule has 1 amide bonds. The maximum Gasteiger partial charge on any atom is 0.255 e. The van der Waals surface area contributed by atoms with Crippen molar-refractivity contribution >= 4 is 17.5 Å². The van der Waals surface area contributed by atoms with Crippen LogP contribution in [0.3, 0.4) is 0 Å². The SMILES string of the molecule is COc1cccc(C(=O)Nc2c(C)nc(N3CCN(C)CC3)nc2C)c1. The number of nitrogens with zero attached hydrogens (tertiary/aromatic N) is 4. The molecule has 1 N–H and O–H groups in total. The topological polar surface area (TPSA) is 70.6 Å². The minimum Gasteiger partial charge on any atom is -0.497 e. The first-order chi connectivity index (χ1) is 12.5. The Morgan fingerprint density at radius 2 is 1.77 bits per heavy atom. The third-order valence-corrected chi connectivity index (χ3v) is 4.62. The maximum atomic E-state index is 12.6. The molecule has 138 valence electrons. The summed E-state index contributed by atoms with van der Waals surface area (Å²) in [5, 5.41) is 2.94. The first-order valence-electron chi connectivity index (χ1n) is 8.72. The number of carbonyl (C=O) groups excluding carboxylic acids is 1. The van der Waals surface area contributed by atoms with Crippen LogP contribution >= 0.6 is 0 Å². The Morgan fingerprint density at radius 3 is 2.38 bits per heavy atom. The first-order valence-corrected chi connectivity index (χ1v) is 8.72. The Hall–Kier alpha value is -2.67. The summed E-state index contributed by atoms with van der Waals surface area (Å²) in [6, 6.07) is 7.06.